The molecule has 4 heteroatoms. The van der Waals surface area contributed by atoms with Crippen molar-refractivity contribution in [1.29, 1.82) is 0 Å². The molecule has 0 aliphatic heterocycles. The second kappa shape index (κ2) is 5.25. The van der Waals surface area contributed by atoms with E-state index in [4.69, 9.17) is 5.73 Å². The third-order valence-corrected chi connectivity index (χ3v) is 3.53. The van der Waals surface area contributed by atoms with E-state index < -0.39 is 0 Å². The van der Waals surface area contributed by atoms with Gasteiger partial charge in [0.1, 0.15) is 0 Å². The average Bonchev–Trinajstić information content (AvgIpc) is 2.80. The highest BCUT2D eigenvalue weighted by molar-refractivity contribution is 5.90. The van der Waals surface area contributed by atoms with Gasteiger partial charge in [-0.2, -0.15) is 0 Å². The fourth-order valence-corrected chi connectivity index (χ4v) is 2.63. The van der Waals surface area contributed by atoms with Crippen molar-refractivity contribution in [2.75, 3.05) is 11.1 Å². The molecule has 0 unspecified atom stereocenters. The van der Waals surface area contributed by atoms with E-state index >= 15 is 0 Å². The minimum Gasteiger partial charge on any atom is -0.399 e. The number of amides is 2. The molecule has 0 radical (unpaired) electrons. The van der Waals surface area contributed by atoms with Crippen LogP contribution in [-0.4, -0.2) is 12.1 Å². The maximum Gasteiger partial charge on any atom is 0.319 e. The Kier molecular flexibility index (Phi) is 3.29. The molecule has 0 aromatic heterocycles. The van der Waals surface area contributed by atoms with E-state index in [-0.39, 0.29) is 12.1 Å². The highest BCUT2D eigenvalue weighted by atomic mass is 16.2. The maximum absolute atomic E-state index is 12.0. The Balaban J connectivity index is 1.58. The molecule has 1 aliphatic carbocycles. The molecule has 3 rings (SSSR count). The van der Waals surface area contributed by atoms with Gasteiger partial charge in [0, 0.05) is 17.4 Å². The van der Waals surface area contributed by atoms with Gasteiger partial charge >= 0.3 is 6.03 Å². The summed E-state index contributed by atoms with van der Waals surface area (Å²) in [6.45, 7) is 0. The van der Waals surface area contributed by atoms with Gasteiger partial charge in [-0.05, 0) is 42.2 Å². The Morgan fingerprint density at radius 3 is 2.40 bits per heavy atom. The number of nitrogens with two attached hydrogens (primary N) is 1. The number of hydrogen-bond donors (Lipinski definition) is 3. The van der Waals surface area contributed by atoms with Crippen LogP contribution in [0.4, 0.5) is 16.2 Å². The van der Waals surface area contributed by atoms with Crippen molar-refractivity contribution in [3.63, 3.8) is 0 Å². The summed E-state index contributed by atoms with van der Waals surface area (Å²) >= 11 is 0. The van der Waals surface area contributed by atoms with E-state index in [2.05, 4.69) is 22.8 Å². The lowest BCUT2D eigenvalue weighted by atomic mass is 10.1. The molecule has 2 aromatic carbocycles. The summed E-state index contributed by atoms with van der Waals surface area (Å²) in [5.41, 5.74) is 9.67. The van der Waals surface area contributed by atoms with Crippen LogP contribution in [0, 0.1) is 0 Å². The summed E-state index contributed by atoms with van der Waals surface area (Å²) in [7, 11) is 0. The summed E-state index contributed by atoms with van der Waals surface area (Å²) in [5.74, 6) is 0. The normalized spacial score (nSPS) is 13.8. The summed E-state index contributed by atoms with van der Waals surface area (Å²) in [5, 5.41) is 5.81. The van der Waals surface area contributed by atoms with Gasteiger partial charge in [-0.15, -0.1) is 0 Å². The van der Waals surface area contributed by atoms with Crippen LogP contribution in [0.5, 0.6) is 0 Å². The summed E-state index contributed by atoms with van der Waals surface area (Å²) < 4.78 is 0. The lowest BCUT2D eigenvalue weighted by molar-refractivity contribution is 0.249. The lowest BCUT2D eigenvalue weighted by Gasteiger charge is -2.13. The van der Waals surface area contributed by atoms with E-state index in [9.17, 15) is 4.79 Å². The van der Waals surface area contributed by atoms with Gasteiger partial charge in [-0.3, -0.25) is 0 Å². The number of carbonyl (C=O) groups excluding carboxylic acids is 1. The molecule has 0 saturated heterocycles. The van der Waals surface area contributed by atoms with Crippen LogP contribution in [0.3, 0.4) is 0 Å². The minimum absolute atomic E-state index is 0.161. The number of nitrogens with one attached hydrogen (secondary N) is 2. The lowest BCUT2D eigenvalue weighted by Crippen LogP contribution is -2.38. The van der Waals surface area contributed by atoms with Crippen LogP contribution >= 0.6 is 0 Å². The highest BCUT2D eigenvalue weighted by Gasteiger charge is 2.22. The fourth-order valence-electron chi connectivity index (χ4n) is 2.63. The number of benzene rings is 2. The summed E-state index contributed by atoms with van der Waals surface area (Å²) in [4.78, 5) is 12.0. The van der Waals surface area contributed by atoms with Crippen molar-refractivity contribution in [3.8, 4) is 0 Å². The average molecular weight is 267 g/mol. The van der Waals surface area contributed by atoms with E-state index in [0.29, 0.717) is 11.4 Å². The van der Waals surface area contributed by atoms with Crippen molar-refractivity contribution in [2.45, 2.75) is 18.9 Å². The molecule has 0 saturated carbocycles. The predicted molar refractivity (Wildman–Crippen MR) is 80.6 cm³/mol. The first-order valence-corrected chi connectivity index (χ1v) is 6.70. The zero-order valence-corrected chi connectivity index (χ0v) is 11.1. The van der Waals surface area contributed by atoms with Crippen LogP contribution in [0.15, 0.2) is 48.5 Å². The minimum atomic E-state index is -0.187. The molecular formula is C16H17N3O. The Labute approximate surface area is 118 Å². The first-order valence-electron chi connectivity index (χ1n) is 6.70. The number of rotatable bonds is 2. The molecule has 102 valence electrons. The summed E-state index contributed by atoms with van der Waals surface area (Å²) in [6, 6.07) is 15.4. The van der Waals surface area contributed by atoms with Gasteiger partial charge in [0.05, 0.1) is 0 Å². The van der Waals surface area contributed by atoms with Gasteiger partial charge in [-0.1, -0.05) is 30.3 Å². The first kappa shape index (κ1) is 12.5. The van der Waals surface area contributed by atoms with E-state index in [1.807, 2.05) is 24.3 Å². The van der Waals surface area contributed by atoms with Crippen LogP contribution in [0.2, 0.25) is 0 Å². The zero-order valence-electron chi connectivity index (χ0n) is 11.1. The second-order valence-electron chi connectivity index (χ2n) is 5.10. The number of anilines is 2. The molecule has 0 fully saturated rings. The number of fused-ring (bicyclic) bond motifs is 1. The van der Waals surface area contributed by atoms with Crippen molar-refractivity contribution in [3.05, 3.63) is 59.7 Å². The van der Waals surface area contributed by atoms with Gasteiger partial charge in [0.2, 0.25) is 0 Å². The van der Waals surface area contributed by atoms with Crippen LogP contribution in [0.1, 0.15) is 11.1 Å². The quantitative estimate of drug-likeness (QED) is 0.732. The molecule has 20 heavy (non-hydrogen) atoms. The topological polar surface area (TPSA) is 67.1 Å². The smallest absolute Gasteiger partial charge is 0.319 e. The van der Waals surface area contributed by atoms with Gasteiger partial charge in [0.15, 0.2) is 0 Å². The molecular weight excluding hydrogens is 250 g/mol. The number of nitrogen functional groups attached to an aromatic ring is 1. The Hall–Kier alpha value is -2.49. The molecule has 1 aliphatic rings. The third-order valence-electron chi connectivity index (χ3n) is 3.53. The monoisotopic (exact) mass is 267 g/mol. The largest absolute Gasteiger partial charge is 0.399 e. The van der Waals surface area contributed by atoms with Gasteiger partial charge in [-0.25, -0.2) is 4.79 Å². The zero-order chi connectivity index (χ0) is 13.9. The number of urea groups is 1. The molecule has 0 bridgehead atoms. The molecule has 0 atom stereocenters. The number of carbonyl (C=O) groups is 1. The van der Waals surface area contributed by atoms with Crippen molar-refractivity contribution in [1.82, 2.24) is 5.32 Å². The maximum atomic E-state index is 12.0. The fraction of sp³-hybridized carbons (Fsp3) is 0.188. The van der Waals surface area contributed by atoms with E-state index in [1.165, 1.54) is 11.1 Å². The molecule has 0 spiro atoms. The first-order chi connectivity index (χ1) is 9.70. The summed E-state index contributed by atoms with van der Waals surface area (Å²) in [6.07, 6.45) is 1.78. The molecule has 0 heterocycles. The highest BCUT2D eigenvalue weighted by Crippen LogP contribution is 2.21. The third kappa shape index (κ3) is 2.74. The van der Waals surface area contributed by atoms with Crippen molar-refractivity contribution >= 4 is 17.4 Å². The molecule has 4 nitrogen and oxygen atoms in total. The molecule has 2 aromatic rings. The SMILES string of the molecule is Nc1cccc(NC(=O)NC2Cc3ccccc3C2)c1. The van der Waals surface area contributed by atoms with E-state index in [0.717, 1.165) is 12.8 Å². The van der Waals surface area contributed by atoms with Crippen molar-refractivity contribution < 1.29 is 4.79 Å². The Morgan fingerprint density at radius 1 is 1.05 bits per heavy atom. The van der Waals surface area contributed by atoms with Gasteiger partial charge < -0.3 is 16.4 Å². The Bertz CT molecular complexity index is 614. The van der Waals surface area contributed by atoms with Crippen LogP contribution in [0.25, 0.3) is 0 Å². The Morgan fingerprint density at radius 2 is 1.75 bits per heavy atom. The number of hydrogen-bond acceptors (Lipinski definition) is 2. The molecule has 2 amide bonds. The standard InChI is InChI=1S/C16H17N3O/c17-13-6-3-7-14(10-13)18-16(20)19-15-8-11-4-1-2-5-12(11)9-15/h1-7,10,15H,8-9,17H2,(H2,18,19,20). The predicted octanol–water partition coefficient (Wildman–Crippen LogP) is 2.56. The molecule has 4 N–H and O–H groups in total. The van der Waals surface area contributed by atoms with Crippen LogP contribution in [-0.2, 0) is 12.8 Å². The van der Waals surface area contributed by atoms with Crippen molar-refractivity contribution in [2.24, 2.45) is 0 Å². The second-order valence-corrected chi connectivity index (χ2v) is 5.10. The van der Waals surface area contributed by atoms with E-state index in [1.54, 1.807) is 12.1 Å². The van der Waals surface area contributed by atoms with Crippen LogP contribution < -0.4 is 16.4 Å². The van der Waals surface area contributed by atoms with Gasteiger partial charge in [0.25, 0.3) is 0 Å².